The van der Waals surface area contributed by atoms with Gasteiger partial charge in [0.2, 0.25) is 0 Å². The Labute approximate surface area is 104 Å². The summed E-state index contributed by atoms with van der Waals surface area (Å²) in [5, 5.41) is 0. The Morgan fingerprint density at radius 3 is 2.24 bits per heavy atom. The van der Waals surface area contributed by atoms with Gasteiger partial charge in [-0.1, -0.05) is 25.8 Å². The highest BCUT2D eigenvalue weighted by molar-refractivity contribution is 7.37. The molecule has 0 aromatic carbocycles. The summed E-state index contributed by atoms with van der Waals surface area (Å²) in [6.45, 7) is 5.58. The fraction of sp³-hybridized carbons (Fsp3) is 0.750. The molecule has 4 nitrogen and oxygen atoms in total. The van der Waals surface area contributed by atoms with Crippen LogP contribution < -0.4 is 0 Å². The molecule has 0 fully saturated rings. The molecule has 0 saturated heterocycles. The highest BCUT2D eigenvalue weighted by Crippen LogP contribution is 2.16. The lowest BCUT2D eigenvalue weighted by Crippen LogP contribution is -2.05. The standard InChI is InChI=1S/C12H21O4P/c1-11(2)12(13)16-9-7-5-3-4-6-8-10-17(14)15/h1,3-10H2,2H3/p+1. The molecule has 0 aromatic rings. The van der Waals surface area contributed by atoms with Crippen LogP contribution in [0.15, 0.2) is 12.2 Å². The molecule has 1 atom stereocenters. The SMILES string of the molecule is C=C(C)C(=O)OCCCCCCCC[P+](=O)O. The lowest BCUT2D eigenvalue weighted by molar-refractivity contribution is -0.139. The number of carbonyl (C=O) groups is 1. The van der Waals surface area contributed by atoms with Crippen molar-refractivity contribution in [1.29, 1.82) is 0 Å². The third-order valence-electron chi connectivity index (χ3n) is 2.33. The van der Waals surface area contributed by atoms with E-state index in [2.05, 4.69) is 6.58 Å². The van der Waals surface area contributed by atoms with Crippen LogP contribution in [-0.4, -0.2) is 23.6 Å². The molecule has 0 spiro atoms. The number of hydrogen-bond donors (Lipinski definition) is 1. The maximum Gasteiger partial charge on any atom is 0.505 e. The summed E-state index contributed by atoms with van der Waals surface area (Å²) in [6, 6.07) is 0. The zero-order valence-corrected chi connectivity index (χ0v) is 11.4. The molecule has 0 aliphatic rings. The summed E-state index contributed by atoms with van der Waals surface area (Å²) in [4.78, 5) is 19.6. The summed E-state index contributed by atoms with van der Waals surface area (Å²) in [6.07, 6.45) is 6.25. The number of carbonyl (C=O) groups excluding carboxylic acids is 1. The van der Waals surface area contributed by atoms with Crippen LogP contribution in [0.25, 0.3) is 0 Å². The fourth-order valence-corrected chi connectivity index (χ4v) is 1.84. The second kappa shape index (κ2) is 10.4. The first-order valence-electron chi connectivity index (χ1n) is 6.00. The highest BCUT2D eigenvalue weighted by atomic mass is 31.1. The van der Waals surface area contributed by atoms with Crippen molar-refractivity contribution in [3.63, 3.8) is 0 Å². The van der Waals surface area contributed by atoms with Gasteiger partial charge in [-0.15, -0.1) is 0 Å². The van der Waals surface area contributed by atoms with E-state index in [0.717, 1.165) is 38.5 Å². The molecule has 1 unspecified atom stereocenters. The third-order valence-corrected chi connectivity index (χ3v) is 3.02. The Morgan fingerprint density at radius 1 is 1.18 bits per heavy atom. The van der Waals surface area contributed by atoms with Crippen LogP contribution in [0.4, 0.5) is 0 Å². The lowest BCUT2D eigenvalue weighted by atomic mass is 10.1. The number of esters is 1. The van der Waals surface area contributed by atoms with E-state index in [-0.39, 0.29) is 5.97 Å². The van der Waals surface area contributed by atoms with E-state index in [0.29, 0.717) is 18.3 Å². The Balaban J connectivity index is 3.16. The Bertz CT molecular complexity index is 263. The van der Waals surface area contributed by atoms with Crippen LogP contribution in [0.1, 0.15) is 45.4 Å². The Hall–Kier alpha value is -0.730. The van der Waals surface area contributed by atoms with Gasteiger partial charge in [-0.25, -0.2) is 4.79 Å². The third kappa shape index (κ3) is 11.5. The second-order valence-electron chi connectivity index (χ2n) is 4.11. The number of rotatable bonds is 10. The quantitative estimate of drug-likeness (QED) is 0.284. The predicted molar refractivity (Wildman–Crippen MR) is 68.2 cm³/mol. The van der Waals surface area contributed by atoms with Crippen LogP contribution in [0.3, 0.4) is 0 Å². The molecular weight excluding hydrogens is 239 g/mol. The van der Waals surface area contributed by atoms with Gasteiger partial charge in [0.25, 0.3) is 0 Å². The minimum Gasteiger partial charge on any atom is -0.462 e. The van der Waals surface area contributed by atoms with Gasteiger partial charge in [0, 0.05) is 5.57 Å². The zero-order chi connectivity index (χ0) is 13.1. The molecule has 0 bridgehead atoms. The normalized spacial score (nSPS) is 11.1. The summed E-state index contributed by atoms with van der Waals surface area (Å²) in [5.41, 5.74) is 0.433. The van der Waals surface area contributed by atoms with E-state index in [1.165, 1.54) is 0 Å². The van der Waals surface area contributed by atoms with Crippen molar-refractivity contribution in [2.24, 2.45) is 0 Å². The van der Waals surface area contributed by atoms with Crippen molar-refractivity contribution >= 4 is 14.0 Å². The van der Waals surface area contributed by atoms with Gasteiger partial charge in [0.15, 0.2) is 6.16 Å². The minimum absolute atomic E-state index is 0.322. The first kappa shape index (κ1) is 16.3. The summed E-state index contributed by atoms with van der Waals surface area (Å²) in [5.74, 6) is -0.322. The van der Waals surface area contributed by atoms with E-state index in [1.54, 1.807) is 6.92 Å². The van der Waals surface area contributed by atoms with Crippen molar-refractivity contribution < 1.29 is 19.0 Å². The molecule has 17 heavy (non-hydrogen) atoms. The topological polar surface area (TPSA) is 63.6 Å². The molecule has 0 radical (unpaired) electrons. The van der Waals surface area contributed by atoms with Gasteiger partial charge in [0.1, 0.15) is 0 Å². The van der Waals surface area contributed by atoms with Gasteiger partial charge in [-0.05, 0) is 30.8 Å². The molecule has 0 saturated carbocycles. The molecule has 0 aliphatic carbocycles. The van der Waals surface area contributed by atoms with Gasteiger partial charge in [-0.2, -0.15) is 4.89 Å². The average molecular weight is 261 g/mol. The highest BCUT2D eigenvalue weighted by Gasteiger charge is 2.07. The van der Waals surface area contributed by atoms with E-state index in [1.807, 2.05) is 0 Å². The zero-order valence-electron chi connectivity index (χ0n) is 10.5. The van der Waals surface area contributed by atoms with Crippen molar-refractivity contribution in [2.75, 3.05) is 12.8 Å². The summed E-state index contributed by atoms with van der Waals surface area (Å²) >= 11 is 0. The van der Waals surface area contributed by atoms with Crippen LogP contribution in [0, 0.1) is 0 Å². The van der Waals surface area contributed by atoms with Gasteiger partial charge >= 0.3 is 14.0 Å². The average Bonchev–Trinajstić information content (AvgIpc) is 2.25. The van der Waals surface area contributed by atoms with E-state index in [9.17, 15) is 9.36 Å². The number of unbranched alkanes of at least 4 members (excludes halogenated alkanes) is 5. The largest absolute Gasteiger partial charge is 0.505 e. The van der Waals surface area contributed by atoms with Gasteiger partial charge in [0.05, 0.1) is 6.61 Å². The number of hydrogen-bond acceptors (Lipinski definition) is 3. The Kier molecular flexibility index (Phi) is 9.98. The molecule has 1 N–H and O–H groups in total. The van der Waals surface area contributed by atoms with Gasteiger partial charge < -0.3 is 4.74 Å². The van der Waals surface area contributed by atoms with Crippen molar-refractivity contribution in [2.45, 2.75) is 45.4 Å². The fourth-order valence-electron chi connectivity index (χ4n) is 1.34. The van der Waals surface area contributed by atoms with Crippen LogP contribution >= 0.6 is 8.03 Å². The first-order valence-corrected chi connectivity index (χ1v) is 7.40. The van der Waals surface area contributed by atoms with Crippen LogP contribution in [-0.2, 0) is 14.1 Å². The summed E-state index contributed by atoms with van der Waals surface area (Å²) < 4.78 is 15.3. The minimum atomic E-state index is -1.96. The predicted octanol–water partition coefficient (Wildman–Crippen LogP) is 3.18. The number of ether oxygens (including phenoxy) is 1. The molecule has 0 heterocycles. The maximum atomic E-state index is 11.0. The van der Waals surface area contributed by atoms with E-state index in [4.69, 9.17) is 9.63 Å². The van der Waals surface area contributed by atoms with Crippen molar-refractivity contribution in [3.8, 4) is 0 Å². The lowest BCUT2D eigenvalue weighted by Gasteiger charge is -2.03. The van der Waals surface area contributed by atoms with Crippen LogP contribution in [0.5, 0.6) is 0 Å². The molecule has 98 valence electrons. The van der Waals surface area contributed by atoms with Crippen LogP contribution in [0.2, 0.25) is 0 Å². The monoisotopic (exact) mass is 261 g/mol. The summed E-state index contributed by atoms with van der Waals surface area (Å²) in [7, 11) is -1.96. The molecular formula is C12H22O4P+. The van der Waals surface area contributed by atoms with Crippen molar-refractivity contribution in [3.05, 3.63) is 12.2 Å². The smallest absolute Gasteiger partial charge is 0.462 e. The molecule has 0 aliphatic heterocycles. The first-order chi connectivity index (χ1) is 8.04. The van der Waals surface area contributed by atoms with Gasteiger partial charge in [-0.3, -0.25) is 0 Å². The Morgan fingerprint density at radius 2 is 1.71 bits per heavy atom. The molecule has 0 aromatic heterocycles. The molecule has 0 rings (SSSR count). The molecule has 5 heteroatoms. The van der Waals surface area contributed by atoms with E-state index < -0.39 is 8.03 Å². The second-order valence-corrected chi connectivity index (χ2v) is 5.26. The molecule has 0 amide bonds. The van der Waals surface area contributed by atoms with E-state index >= 15 is 0 Å². The maximum absolute atomic E-state index is 11.0. The van der Waals surface area contributed by atoms with Crippen molar-refractivity contribution in [1.82, 2.24) is 0 Å².